The first-order chi connectivity index (χ1) is 16.9. The van der Waals surface area contributed by atoms with Gasteiger partial charge in [0, 0.05) is 39.9 Å². The maximum Gasteiger partial charge on any atom is 1.00 e. The van der Waals surface area contributed by atoms with Gasteiger partial charge in [0.05, 0.1) is 29.4 Å². The average molecular weight is 594 g/mol. The maximum atomic E-state index is 11.9. The van der Waals surface area contributed by atoms with E-state index >= 15 is 0 Å². The summed E-state index contributed by atoms with van der Waals surface area (Å²) in [6, 6.07) is 3.70. The van der Waals surface area contributed by atoms with Crippen LogP contribution in [0.5, 0.6) is 0 Å². The van der Waals surface area contributed by atoms with Crippen molar-refractivity contribution >= 4 is 53.6 Å². The molecule has 2 aromatic heterocycles. The van der Waals surface area contributed by atoms with E-state index in [-0.39, 0.29) is 57.4 Å². The second-order valence-corrected chi connectivity index (χ2v) is 11.6. The van der Waals surface area contributed by atoms with E-state index in [0.29, 0.717) is 41.6 Å². The van der Waals surface area contributed by atoms with Crippen LogP contribution in [-0.4, -0.2) is 28.3 Å². The first kappa shape index (κ1) is 32.8. The Balaban J connectivity index is 0.000000316. The van der Waals surface area contributed by atoms with Gasteiger partial charge < -0.3 is 17.4 Å². The zero-order valence-electron chi connectivity index (χ0n) is 21.6. The van der Waals surface area contributed by atoms with Crippen LogP contribution in [0, 0.1) is 5.92 Å². The van der Waals surface area contributed by atoms with Crippen LogP contribution >= 0.6 is 35.0 Å². The van der Waals surface area contributed by atoms with Crippen molar-refractivity contribution in [1.82, 2.24) is 9.97 Å². The standard InChI is InChI=1S/C19H28ClNO2S.C8H8ClNS.K/c1-3-5-6-14(4-2)13-23-17(22)10-12-24-16-9-11-21-19(18(16)20)15-7-8-15;9-7-6(11)3-4-10-8(7)5-1-2-5;/h9,11,14-15H,3-8,10,12-13H2,1-2H3;3-5H,1-2H2,(H,10,11);/q;;+1/p-1. The Morgan fingerprint density at radius 3 is 2.28 bits per heavy atom. The minimum Gasteiger partial charge on any atom is -0.778 e. The molecule has 192 valence electrons. The van der Waals surface area contributed by atoms with Gasteiger partial charge in [0.2, 0.25) is 0 Å². The molecule has 2 aliphatic rings. The Labute approximate surface area is 278 Å². The van der Waals surface area contributed by atoms with Crippen molar-refractivity contribution in [2.75, 3.05) is 12.4 Å². The van der Waals surface area contributed by atoms with Crippen molar-refractivity contribution in [3.8, 4) is 0 Å². The van der Waals surface area contributed by atoms with Crippen molar-refractivity contribution in [2.45, 2.75) is 93.3 Å². The number of thioether (sulfide) groups is 1. The van der Waals surface area contributed by atoms with E-state index < -0.39 is 0 Å². The fourth-order valence-electron chi connectivity index (χ4n) is 3.70. The SMILES string of the molecule is CCCCC(CC)COC(=O)CCSc1ccnc(C2CC2)c1Cl.[K+].[S-]c1ccnc(C2CC2)c1Cl. The first-order valence-electron chi connectivity index (χ1n) is 12.7. The molecular formula is C27H35Cl2KN2O2S2. The second-order valence-electron chi connectivity index (χ2n) is 9.26. The number of halogens is 2. The molecule has 2 saturated carbocycles. The molecule has 9 heteroatoms. The van der Waals surface area contributed by atoms with E-state index in [9.17, 15) is 4.79 Å². The molecule has 0 saturated heterocycles. The topological polar surface area (TPSA) is 52.1 Å². The van der Waals surface area contributed by atoms with Gasteiger partial charge in [-0.05, 0) is 44.1 Å². The van der Waals surface area contributed by atoms with Crippen LogP contribution in [0.2, 0.25) is 10.0 Å². The van der Waals surface area contributed by atoms with Gasteiger partial charge in [-0.25, -0.2) is 0 Å². The van der Waals surface area contributed by atoms with E-state index in [2.05, 4.69) is 23.8 Å². The van der Waals surface area contributed by atoms with Crippen molar-refractivity contribution < 1.29 is 60.9 Å². The van der Waals surface area contributed by atoms with E-state index in [1.165, 1.54) is 38.5 Å². The molecule has 0 radical (unpaired) electrons. The number of pyridine rings is 2. The Morgan fingerprint density at radius 1 is 1.08 bits per heavy atom. The predicted octanol–water partition coefficient (Wildman–Crippen LogP) is 5.38. The van der Waals surface area contributed by atoms with Crippen LogP contribution in [0.4, 0.5) is 0 Å². The molecule has 1 atom stereocenters. The summed E-state index contributed by atoms with van der Waals surface area (Å²) in [7, 11) is 0. The fraction of sp³-hybridized carbons (Fsp3) is 0.593. The number of nitrogens with zero attached hydrogens (tertiary/aromatic N) is 2. The van der Waals surface area contributed by atoms with E-state index in [4.69, 9.17) is 40.6 Å². The fourth-order valence-corrected chi connectivity index (χ4v) is 5.44. The predicted molar refractivity (Wildman–Crippen MR) is 148 cm³/mol. The summed E-state index contributed by atoms with van der Waals surface area (Å²) in [4.78, 5) is 22.3. The molecule has 2 aliphatic carbocycles. The molecule has 1 unspecified atom stereocenters. The van der Waals surface area contributed by atoms with Gasteiger partial charge in [-0.3, -0.25) is 14.8 Å². The van der Waals surface area contributed by atoms with E-state index in [0.717, 1.165) is 39.0 Å². The molecule has 4 nitrogen and oxygen atoms in total. The number of hydrogen-bond acceptors (Lipinski definition) is 6. The number of carbonyl (C=O) groups excluding carboxylic acids is 1. The molecule has 2 fully saturated rings. The number of carbonyl (C=O) groups is 1. The summed E-state index contributed by atoms with van der Waals surface area (Å²) in [5.41, 5.74) is 2.02. The van der Waals surface area contributed by atoms with E-state index in [1.54, 1.807) is 24.0 Å². The summed E-state index contributed by atoms with van der Waals surface area (Å²) in [6.45, 7) is 4.91. The molecule has 0 spiro atoms. The number of aromatic nitrogens is 2. The normalized spacial score (nSPS) is 15.3. The summed E-state index contributed by atoms with van der Waals surface area (Å²) in [5.74, 6) is 2.21. The Kier molecular flexibility index (Phi) is 15.7. The van der Waals surface area contributed by atoms with Crippen LogP contribution in [0.3, 0.4) is 0 Å². The third kappa shape index (κ3) is 11.0. The molecule has 0 amide bonds. The minimum absolute atomic E-state index is 0. The van der Waals surface area contributed by atoms with E-state index in [1.807, 2.05) is 12.3 Å². The van der Waals surface area contributed by atoms with Crippen molar-refractivity contribution in [2.24, 2.45) is 5.92 Å². The molecule has 36 heavy (non-hydrogen) atoms. The number of rotatable bonds is 12. The molecule has 0 aromatic carbocycles. The summed E-state index contributed by atoms with van der Waals surface area (Å²) in [6.07, 6.45) is 13.4. The largest absolute Gasteiger partial charge is 1.00 e. The second kappa shape index (κ2) is 17.3. The first-order valence-corrected chi connectivity index (χ1v) is 14.8. The van der Waals surface area contributed by atoms with Gasteiger partial charge in [0.15, 0.2) is 0 Å². The van der Waals surface area contributed by atoms with Crippen LogP contribution in [0.15, 0.2) is 34.3 Å². The minimum atomic E-state index is -0.106. The zero-order valence-corrected chi connectivity index (χ0v) is 27.9. The molecule has 2 aromatic rings. The van der Waals surface area contributed by atoms with Crippen LogP contribution < -0.4 is 51.4 Å². The molecule has 2 heterocycles. The van der Waals surface area contributed by atoms with Crippen LogP contribution in [-0.2, 0) is 22.2 Å². The van der Waals surface area contributed by atoms with Gasteiger partial charge in [-0.2, -0.15) is 4.90 Å². The number of unbranched alkanes of at least 4 members (excludes halogenated alkanes) is 1. The number of esters is 1. The van der Waals surface area contributed by atoms with Gasteiger partial charge in [-0.1, -0.05) is 62.4 Å². The Morgan fingerprint density at radius 2 is 1.69 bits per heavy atom. The third-order valence-corrected chi connectivity index (χ3v) is 8.69. The van der Waals surface area contributed by atoms with Crippen molar-refractivity contribution in [1.29, 1.82) is 0 Å². The van der Waals surface area contributed by atoms with Crippen LogP contribution in [0.25, 0.3) is 0 Å². The summed E-state index contributed by atoms with van der Waals surface area (Å²) < 4.78 is 5.43. The zero-order chi connectivity index (χ0) is 25.2. The third-order valence-electron chi connectivity index (χ3n) is 6.28. The quantitative estimate of drug-likeness (QED) is 0.143. The average Bonchev–Trinajstić information content (AvgIpc) is 3.76. The Hall–Kier alpha value is 0.556. The monoisotopic (exact) mass is 592 g/mol. The number of hydrogen-bond donors (Lipinski definition) is 0. The summed E-state index contributed by atoms with van der Waals surface area (Å²) in [5, 5.41) is 1.45. The molecule has 0 aliphatic heterocycles. The maximum absolute atomic E-state index is 11.9. The Bertz CT molecular complexity index is 975. The van der Waals surface area contributed by atoms with Gasteiger partial charge in [0.1, 0.15) is 0 Å². The molecule has 4 rings (SSSR count). The van der Waals surface area contributed by atoms with Crippen molar-refractivity contribution in [3.63, 3.8) is 0 Å². The van der Waals surface area contributed by atoms with Crippen molar-refractivity contribution in [3.05, 3.63) is 46.0 Å². The van der Waals surface area contributed by atoms with Gasteiger partial charge >= 0.3 is 57.4 Å². The molecule has 0 bridgehead atoms. The van der Waals surface area contributed by atoms with Gasteiger partial charge in [0.25, 0.3) is 0 Å². The van der Waals surface area contributed by atoms with Crippen LogP contribution in [0.1, 0.15) is 94.9 Å². The molecular weight excluding hydrogens is 558 g/mol. The summed E-state index contributed by atoms with van der Waals surface area (Å²) >= 11 is 19.0. The molecule has 0 N–H and O–H groups in total. The van der Waals surface area contributed by atoms with Gasteiger partial charge in [-0.15, -0.1) is 11.8 Å². The smallest absolute Gasteiger partial charge is 0.778 e. The number of ether oxygens (including phenoxy) is 1.